The van der Waals surface area contributed by atoms with Gasteiger partial charge >= 0.3 is 5.97 Å². The Morgan fingerprint density at radius 1 is 1.53 bits per heavy atom. The Balaban J connectivity index is 2.17. The maximum Gasteiger partial charge on any atom is 0.308 e. The Kier molecular flexibility index (Phi) is 2.91. The zero-order valence-electron chi connectivity index (χ0n) is 9.87. The Morgan fingerprint density at radius 2 is 2.18 bits per heavy atom. The second-order valence-electron chi connectivity index (χ2n) is 4.62. The van der Waals surface area contributed by atoms with Crippen LogP contribution in [0.5, 0.6) is 0 Å². The second-order valence-corrected chi connectivity index (χ2v) is 4.62. The molecule has 0 unspecified atom stereocenters. The summed E-state index contributed by atoms with van der Waals surface area (Å²) in [7, 11) is 1.34. The number of ether oxygens (including phenoxy) is 1. The van der Waals surface area contributed by atoms with Gasteiger partial charge in [-0.15, -0.1) is 0 Å². The van der Waals surface area contributed by atoms with Crippen LogP contribution in [0.15, 0.2) is 18.2 Å². The van der Waals surface area contributed by atoms with E-state index in [4.69, 9.17) is 0 Å². The number of rotatable bonds is 2. The highest BCUT2D eigenvalue weighted by Gasteiger charge is 2.48. The van der Waals surface area contributed by atoms with Gasteiger partial charge in [0.25, 0.3) is 0 Å². The number of carbonyl (C=O) groups is 1. The fourth-order valence-electron chi connectivity index (χ4n) is 2.46. The molecule has 0 heterocycles. The third-order valence-corrected chi connectivity index (χ3v) is 3.39. The molecule has 92 valence electrons. The molecular formula is C13H15FO3. The van der Waals surface area contributed by atoms with Crippen molar-refractivity contribution in [2.24, 2.45) is 5.92 Å². The van der Waals surface area contributed by atoms with Crippen LogP contribution in [0.4, 0.5) is 4.39 Å². The van der Waals surface area contributed by atoms with E-state index in [-0.39, 0.29) is 17.7 Å². The number of esters is 1. The largest absolute Gasteiger partial charge is 0.469 e. The Hall–Kier alpha value is -1.42. The van der Waals surface area contributed by atoms with Crippen molar-refractivity contribution in [3.8, 4) is 0 Å². The fourth-order valence-corrected chi connectivity index (χ4v) is 2.46. The lowest BCUT2D eigenvalue weighted by molar-refractivity contribution is -0.163. The van der Waals surface area contributed by atoms with E-state index in [2.05, 4.69) is 4.74 Å². The average Bonchev–Trinajstić information content (AvgIpc) is 2.24. The molecule has 0 atom stereocenters. The minimum absolute atomic E-state index is 0.255. The molecule has 4 heteroatoms. The summed E-state index contributed by atoms with van der Waals surface area (Å²) in [6, 6.07) is 4.29. The maximum atomic E-state index is 13.0. The molecule has 0 radical (unpaired) electrons. The van der Waals surface area contributed by atoms with Crippen LogP contribution in [-0.4, -0.2) is 18.2 Å². The molecule has 1 fully saturated rings. The van der Waals surface area contributed by atoms with Crippen LogP contribution in [0.2, 0.25) is 0 Å². The summed E-state index contributed by atoms with van der Waals surface area (Å²) in [6.07, 6.45) is 0.679. The van der Waals surface area contributed by atoms with E-state index < -0.39 is 5.60 Å². The molecular weight excluding hydrogens is 223 g/mol. The van der Waals surface area contributed by atoms with Gasteiger partial charge in [0.05, 0.1) is 18.6 Å². The number of benzene rings is 1. The number of methoxy groups -OCH3 is 1. The number of hydrogen-bond donors (Lipinski definition) is 1. The van der Waals surface area contributed by atoms with Crippen molar-refractivity contribution in [3.63, 3.8) is 0 Å². The van der Waals surface area contributed by atoms with E-state index in [9.17, 15) is 14.3 Å². The van der Waals surface area contributed by atoms with Crippen molar-refractivity contribution in [1.82, 2.24) is 0 Å². The van der Waals surface area contributed by atoms with Crippen LogP contribution in [-0.2, 0) is 15.1 Å². The topological polar surface area (TPSA) is 46.5 Å². The third-order valence-electron chi connectivity index (χ3n) is 3.39. The number of hydrogen-bond acceptors (Lipinski definition) is 3. The molecule has 1 aliphatic carbocycles. The molecule has 0 saturated heterocycles. The zero-order chi connectivity index (χ0) is 12.6. The summed E-state index contributed by atoms with van der Waals surface area (Å²) in [6.45, 7) is 1.75. The predicted molar refractivity (Wildman–Crippen MR) is 59.8 cm³/mol. The molecule has 1 aromatic carbocycles. The van der Waals surface area contributed by atoms with Gasteiger partial charge in [0.2, 0.25) is 0 Å². The summed E-state index contributed by atoms with van der Waals surface area (Å²) >= 11 is 0. The van der Waals surface area contributed by atoms with Gasteiger partial charge in [-0.3, -0.25) is 4.79 Å². The van der Waals surface area contributed by atoms with E-state index in [1.807, 2.05) is 0 Å². The molecule has 0 bridgehead atoms. The Morgan fingerprint density at radius 3 is 2.71 bits per heavy atom. The normalized spacial score (nSPS) is 27.4. The second kappa shape index (κ2) is 4.11. The first-order valence-electron chi connectivity index (χ1n) is 5.53. The summed E-state index contributed by atoms with van der Waals surface area (Å²) in [5.41, 5.74) is 0.381. The SMILES string of the molecule is COC(=O)C1CC(O)(c2ccc(F)cc2C)C1. The van der Waals surface area contributed by atoms with Crippen molar-refractivity contribution in [2.75, 3.05) is 7.11 Å². The first-order chi connectivity index (χ1) is 7.96. The number of carbonyl (C=O) groups excluding carboxylic acids is 1. The average molecular weight is 238 g/mol. The van der Waals surface area contributed by atoms with Crippen LogP contribution >= 0.6 is 0 Å². The first kappa shape index (κ1) is 12.0. The van der Waals surface area contributed by atoms with E-state index in [1.54, 1.807) is 13.0 Å². The molecule has 0 spiro atoms. The highest BCUT2D eigenvalue weighted by Crippen LogP contribution is 2.47. The first-order valence-corrected chi connectivity index (χ1v) is 5.53. The van der Waals surface area contributed by atoms with Crippen molar-refractivity contribution >= 4 is 5.97 Å². The number of aryl methyl sites for hydroxylation is 1. The molecule has 0 aliphatic heterocycles. The molecule has 0 amide bonds. The van der Waals surface area contributed by atoms with Crippen LogP contribution in [0.3, 0.4) is 0 Å². The van der Waals surface area contributed by atoms with Crippen molar-refractivity contribution in [1.29, 1.82) is 0 Å². The van der Waals surface area contributed by atoms with E-state index in [1.165, 1.54) is 19.2 Å². The molecule has 0 aromatic heterocycles. The van der Waals surface area contributed by atoms with Gasteiger partial charge in [0, 0.05) is 0 Å². The molecule has 1 saturated carbocycles. The van der Waals surface area contributed by atoms with Gasteiger partial charge in [-0.25, -0.2) is 4.39 Å². The number of aliphatic hydroxyl groups is 1. The monoisotopic (exact) mass is 238 g/mol. The quantitative estimate of drug-likeness (QED) is 0.800. The van der Waals surface area contributed by atoms with E-state index >= 15 is 0 Å². The maximum absolute atomic E-state index is 13.0. The van der Waals surface area contributed by atoms with Gasteiger partial charge in [-0.05, 0) is 43.0 Å². The summed E-state index contributed by atoms with van der Waals surface area (Å²) < 4.78 is 17.6. The van der Waals surface area contributed by atoms with E-state index in [0.29, 0.717) is 24.0 Å². The lowest BCUT2D eigenvalue weighted by Gasteiger charge is -2.43. The lowest BCUT2D eigenvalue weighted by Crippen LogP contribution is -2.45. The highest BCUT2D eigenvalue weighted by molar-refractivity contribution is 5.74. The molecule has 2 rings (SSSR count). The van der Waals surface area contributed by atoms with Gasteiger partial charge in [-0.2, -0.15) is 0 Å². The van der Waals surface area contributed by atoms with Gasteiger partial charge in [-0.1, -0.05) is 6.07 Å². The Bertz CT molecular complexity index is 450. The number of halogens is 1. The molecule has 3 nitrogen and oxygen atoms in total. The minimum Gasteiger partial charge on any atom is -0.469 e. The minimum atomic E-state index is -1.02. The van der Waals surface area contributed by atoms with Gasteiger partial charge in [0.1, 0.15) is 5.82 Å². The molecule has 17 heavy (non-hydrogen) atoms. The summed E-state index contributed by atoms with van der Waals surface area (Å²) in [5, 5.41) is 10.3. The molecule has 1 N–H and O–H groups in total. The lowest BCUT2D eigenvalue weighted by atomic mass is 9.66. The highest BCUT2D eigenvalue weighted by atomic mass is 19.1. The van der Waals surface area contributed by atoms with Crippen LogP contribution in [0, 0.1) is 18.7 Å². The zero-order valence-corrected chi connectivity index (χ0v) is 9.87. The van der Waals surface area contributed by atoms with Crippen molar-refractivity contribution < 1.29 is 19.0 Å². The Labute approximate surface area is 99.2 Å². The predicted octanol–water partition coefficient (Wildman–Crippen LogP) is 1.90. The molecule has 1 aromatic rings. The van der Waals surface area contributed by atoms with E-state index in [0.717, 1.165) is 0 Å². The van der Waals surface area contributed by atoms with Crippen molar-refractivity contribution in [3.05, 3.63) is 35.1 Å². The molecule has 1 aliphatic rings. The standard InChI is InChI=1S/C13H15FO3/c1-8-5-10(14)3-4-11(8)13(16)6-9(7-13)12(15)17-2/h3-5,9,16H,6-7H2,1-2H3. The van der Waals surface area contributed by atoms with Crippen molar-refractivity contribution in [2.45, 2.75) is 25.4 Å². The van der Waals surface area contributed by atoms with Gasteiger partial charge in [0.15, 0.2) is 0 Å². The summed E-state index contributed by atoms with van der Waals surface area (Å²) in [5.74, 6) is -0.873. The third kappa shape index (κ3) is 2.05. The summed E-state index contributed by atoms with van der Waals surface area (Å²) in [4.78, 5) is 11.3. The van der Waals surface area contributed by atoms with Crippen LogP contribution < -0.4 is 0 Å². The van der Waals surface area contributed by atoms with Gasteiger partial charge < -0.3 is 9.84 Å². The fraction of sp³-hybridized carbons (Fsp3) is 0.462. The van der Waals surface area contributed by atoms with Crippen LogP contribution in [0.25, 0.3) is 0 Å². The van der Waals surface area contributed by atoms with Crippen LogP contribution in [0.1, 0.15) is 24.0 Å². The smallest absolute Gasteiger partial charge is 0.308 e.